The second-order valence-corrected chi connectivity index (χ2v) is 10.7. The predicted octanol–water partition coefficient (Wildman–Crippen LogP) is 3.11. The van der Waals surface area contributed by atoms with Crippen LogP contribution >= 0.6 is 0 Å². The number of fused-ring (bicyclic) bond motifs is 1. The molecule has 0 aliphatic carbocycles. The van der Waals surface area contributed by atoms with Crippen molar-refractivity contribution in [1.29, 1.82) is 0 Å². The first-order valence-corrected chi connectivity index (χ1v) is 14.3. The maximum Gasteiger partial charge on any atom is 0.270 e. The fraction of sp³-hybridized carbons (Fsp3) is 0.355. The zero-order valence-corrected chi connectivity index (χ0v) is 23.8. The number of H-pyrrole nitrogens is 1. The summed E-state index contributed by atoms with van der Waals surface area (Å²) in [5.74, 6) is -0.307. The Morgan fingerprint density at radius 2 is 2.02 bits per heavy atom. The van der Waals surface area contributed by atoms with Crippen molar-refractivity contribution in [2.24, 2.45) is 0 Å². The molecule has 4 heterocycles. The highest BCUT2D eigenvalue weighted by atomic mass is 19.1. The van der Waals surface area contributed by atoms with Gasteiger partial charge in [0.1, 0.15) is 11.4 Å². The van der Waals surface area contributed by atoms with Gasteiger partial charge in [0.15, 0.2) is 5.82 Å². The number of hydrogen-bond acceptors (Lipinski definition) is 7. The van der Waals surface area contributed by atoms with Gasteiger partial charge in [-0.1, -0.05) is 29.5 Å². The molecule has 0 bridgehead atoms. The van der Waals surface area contributed by atoms with E-state index in [0.717, 1.165) is 5.56 Å². The van der Waals surface area contributed by atoms with Crippen LogP contribution in [0.5, 0.6) is 5.75 Å². The second kappa shape index (κ2) is 12.4. The number of aryl methyl sites for hydroxylation is 1. The Hall–Kier alpha value is -4.55. The molecule has 0 unspecified atom stereocenters. The second-order valence-electron chi connectivity index (χ2n) is 10.7. The van der Waals surface area contributed by atoms with Gasteiger partial charge in [-0.05, 0) is 35.8 Å². The number of para-hydroxylation sites is 1. The van der Waals surface area contributed by atoms with E-state index in [-0.39, 0.29) is 49.1 Å². The van der Waals surface area contributed by atoms with E-state index >= 15 is 4.39 Å². The number of β-amino-alcohol motifs (C(OH)–C–C–N with tert-alkyl or cyclic N) is 1. The van der Waals surface area contributed by atoms with Crippen molar-refractivity contribution >= 4 is 28.3 Å². The van der Waals surface area contributed by atoms with Crippen molar-refractivity contribution in [2.75, 3.05) is 46.5 Å². The number of rotatable bonds is 7. The minimum atomic E-state index is -0.802. The highest BCUT2D eigenvalue weighted by Gasteiger charge is 2.28. The topological polar surface area (TPSA) is 126 Å². The Bertz CT molecular complexity index is 1670. The lowest BCUT2D eigenvalue weighted by Crippen LogP contribution is -2.37. The molecule has 0 saturated carbocycles. The summed E-state index contributed by atoms with van der Waals surface area (Å²) in [4.78, 5) is 32.9. The van der Waals surface area contributed by atoms with Crippen molar-refractivity contribution in [3.8, 4) is 16.9 Å². The minimum Gasteiger partial charge on any atom is -0.496 e. The van der Waals surface area contributed by atoms with Crippen LogP contribution in [-0.2, 0) is 16.1 Å². The van der Waals surface area contributed by atoms with E-state index < -0.39 is 11.9 Å². The monoisotopic (exact) mass is 588 g/mol. The number of halogens is 1. The lowest BCUT2D eigenvalue weighted by molar-refractivity contribution is -0.131. The van der Waals surface area contributed by atoms with Crippen LogP contribution in [0.25, 0.3) is 27.6 Å². The molecule has 1 atom stereocenters. The van der Waals surface area contributed by atoms with E-state index in [9.17, 15) is 14.7 Å². The molecule has 2 N–H and O–H groups in total. The predicted molar refractivity (Wildman–Crippen MR) is 157 cm³/mol. The summed E-state index contributed by atoms with van der Waals surface area (Å²) in [6.45, 7) is 2.09. The smallest absolute Gasteiger partial charge is 0.270 e. The zero-order chi connectivity index (χ0) is 29.9. The number of nitrogens with one attached hydrogen (secondary N) is 1. The van der Waals surface area contributed by atoms with Crippen LogP contribution in [0.2, 0.25) is 0 Å². The van der Waals surface area contributed by atoms with Gasteiger partial charge in [-0.25, -0.2) is 4.39 Å². The fourth-order valence-corrected chi connectivity index (χ4v) is 5.72. The van der Waals surface area contributed by atoms with Crippen LogP contribution in [-0.4, -0.2) is 99.3 Å². The standard InChI is InChI=1S/C31H33FN6O5/c1-42-27-7-3-2-6-22(27)24-15-23(20-5-4-10-36(17-20)28(40)8-11-38-12-9-33-35-38)29(32)30-25(24)16-26(34-30)31(41)37-13-14-43-19-21(39)18-37/h2-3,5-7,9,12,15-16,21,34,39H,4,8,10-11,13-14,17-19H2,1H3/t21-/m0/s1. The number of aromatic nitrogens is 4. The number of methoxy groups -OCH3 is 1. The lowest BCUT2D eigenvalue weighted by atomic mass is 9.93. The van der Waals surface area contributed by atoms with Gasteiger partial charge in [0, 0.05) is 55.3 Å². The number of ether oxygens (including phenoxy) is 2. The normalized spacial score (nSPS) is 17.6. The molecule has 12 heteroatoms. The van der Waals surface area contributed by atoms with Gasteiger partial charge >= 0.3 is 0 Å². The molecule has 11 nitrogen and oxygen atoms in total. The molecule has 1 saturated heterocycles. The molecule has 2 amide bonds. The summed E-state index contributed by atoms with van der Waals surface area (Å²) in [5, 5.41) is 18.4. The molecular weight excluding hydrogens is 555 g/mol. The third kappa shape index (κ3) is 5.88. The number of aliphatic hydroxyl groups is 1. The number of carbonyl (C=O) groups excluding carboxylic acids is 2. The van der Waals surface area contributed by atoms with Gasteiger partial charge in [0.25, 0.3) is 5.91 Å². The molecule has 0 radical (unpaired) electrons. The molecule has 1 fully saturated rings. The Balaban J connectivity index is 1.38. The van der Waals surface area contributed by atoms with Crippen molar-refractivity contribution in [3.63, 3.8) is 0 Å². The number of hydrogen-bond donors (Lipinski definition) is 2. The summed E-state index contributed by atoms with van der Waals surface area (Å²) in [6.07, 6.45) is 5.27. The van der Waals surface area contributed by atoms with E-state index in [1.807, 2.05) is 30.3 Å². The summed E-state index contributed by atoms with van der Waals surface area (Å²) < 4.78 is 29.1. The Kier molecular flexibility index (Phi) is 8.21. The first-order valence-electron chi connectivity index (χ1n) is 14.3. The quantitative estimate of drug-likeness (QED) is 0.340. The fourth-order valence-electron chi connectivity index (χ4n) is 5.72. The molecule has 0 spiro atoms. The highest BCUT2D eigenvalue weighted by molar-refractivity contribution is 6.05. The molecule has 43 heavy (non-hydrogen) atoms. The first kappa shape index (κ1) is 28.6. The summed E-state index contributed by atoms with van der Waals surface area (Å²) in [7, 11) is 1.58. The van der Waals surface area contributed by atoms with E-state index in [0.29, 0.717) is 60.5 Å². The molecule has 224 valence electrons. The van der Waals surface area contributed by atoms with Crippen LogP contribution < -0.4 is 4.74 Å². The first-order chi connectivity index (χ1) is 20.9. The molecule has 2 aromatic carbocycles. The average Bonchev–Trinajstić information content (AvgIpc) is 3.67. The van der Waals surface area contributed by atoms with Crippen molar-refractivity contribution in [2.45, 2.75) is 25.5 Å². The van der Waals surface area contributed by atoms with Gasteiger partial charge in [-0.3, -0.25) is 14.3 Å². The number of benzene rings is 2. The molecule has 2 aromatic heterocycles. The maximum absolute atomic E-state index is 16.4. The van der Waals surface area contributed by atoms with Crippen LogP contribution in [0, 0.1) is 5.82 Å². The SMILES string of the molecule is COc1ccccc1-c1cc(C2=CCCN(C(=O)CCn3ccnn3)C2)c(F)c2[nH]c(C(=O)N3CCOC[C@@H](O)C3)cc12. The van der Waals surface area contributed by atoms with Gasteiger partial charge in [0.05, 0.1) is 44.7 Å². The molecular formula is C31H33FN6O5. The van der Waals surface area contributed by atoms with E-state index in [2.05, 4.69) is 15.3 Å². The summed E-state index contributed by atoms with van der Waals surface area (Å²) in [6, 6.07) is 10.9. The summed E-state index contributed by atoms with van der Waals surface area (Å²) >= 11 is 0. The third-order valence-electron chi connectivity index (χ3n) is 7.89. The van der Waals surface area contributed by atoms with Gasteiger partial charge < -0.3 is 29.4 Å². The van der Waals surface area contributed by atoms with E-state index in [1.54, 1.807) is 41.2 Å². The molecule has 6 rings (SSSR count). The van der Waals surface area contributed by atoms with E-state index in [1.165, 1.54) is 4.90 Å². The minimum absolute atomic E-state index is 0.0519. The number of amides is 2. The number of aliphatic hydroxyl groups excluding tert-OH is 1. The Morgan fingerprint density at radius 1 is 1.16 bits per heavy atom. The maximum atomic E-state index is 16.4. The number of aromatic amines is 1. The number of nitrogens with zero attached hydrogens (tertiary/aromatic N) is 5. The Labute approximate surface area is 247 Å². The van der Waals surface area contributed by atoms with E-state index in [4.69, 9.17) is 9.47 Å². The number of carbonyl (C=O) groups is 2. The zero-order valence-electron chi connectivity index (χ0n) is 23.8. The van der Waals surface area contributed by atoms with Gasteiger partial charge in [0.2, 0.25) is 5.91 Å². The molecule has 2 aliphatic rings. The van der Waals surface area contributed by atoms with Crippen molar-refractivity contribution in [3.05, 3.63) is 71.9 Å². The van der Waals surface area contributed by atoms with Crippen LogP contribution in [0.15, 0.2) is 54.9 Å². The van der Waals surface area contributed by atoms with Gasteiger partial charge in [-0.2, -0.15) is 0 Å². The van der Waals surface area contributed by atoms with Crippen molar-refractivity contribution in [1.82, 2.24) is 29.8 Å². The van der Waals surface area contributed by atoms with Crippen molar-refractivity contribution < 1.29 is 28.6 Å². The Morgan fingerprint density at radius 3 is 2.84 bits per heavy atom. The third-order valence-corrected chi connectivity index (χ3v) is 7.89. The highest BCUT2D eigenvalue weighted by Crippen LogP contribution is 2.40. The summed E-state index contributed by atoms with van der Waals surface area (Å²) in [5.41, 5.74) is 2.86. The van der Waals surface area contributed by atoms with Crippen LogP contribution in [0.4, 0.5) is 4.39 Å². The molecule has 4 aromatic rings. The molecule has 2 aliphatic heterocycles. The largest absolute Gasteiger partial charge is 0.496 e. The van der Waals surface area contributed by atoms with Crippen LogP contribution in [0.3, 0.4) is 0 Å². The van der Waals surface area contributed by atoms with Crippen LogP contribution in [0.1, 0.15) is 28.9 Å². The van der Waals surface area contributed by atoms with Gasteiger partial charge in [-0.15, -0.1) is 5.10 Å². The average molecular weight is 589 g/mol. The lowest BCUT2D eigenvalue weighted by Gasteiger charge is -2.28.